The first kappa shape index (κ1) is 2590. The molecule has 13 N–H and O–H groups in total. The molecule has 0 rings (SSSR count). The number of hydrogen-bond donors (Lipinski definition) is 0. The maximum atomic E-state index is 0. The van der Waals surface area contributed by atoms with E-state index in [4.69, 9.17) is 0 Å². The fraction of sp³-hybridized carbons (Fsp3) is 0. The van der Waals surface area contributed by atoms with Gasteiger partial charge in [0.25, 0.3) is 0 Å². The summed E-state index contributed by atoms with van der Waals surface area (Å²) < 4.78 is 0. The maximum absolute atomic E-state index is 0. The van der Waals surface area contributed by atoms with E-state index in [2.05, 4.69) is 0 Å². The van der Waals surface area contributed by atoms with Gasteiger partial charge in [0.2, 0.25) is 0 Å². The van der Waals surface area contributed by atoms with Crippen molar-refractivity contribution in [3.8, 4) is 0 Å². The summed E-state index contributed by atoms with van der Waals surface area (Å²) in [5, 5.41) is 0. The molecule has 13 nitrogen and oxygen atoms in total. The zero-order chi connectivity index (χ0) is 0. The standard InChI is InChI=1S/Cr.Nb.13H2O.V/h;;13*1H2;/q+3;+5;;;;;;;;;;;;;;/p-13. The Balaban J connectivity index is 0. The zero-order valence-corrected chi connectivity index (χ0v) is 12.0. The average Bonchev–Trinajstić information content (AvgIpc) is 0. The van der Waals surface area contributed by atoms with Crippen LogP contribution in [0.15, 0.2) is 0 Å². The van der Waals surface area contributed by atoms with Crippen molar-refractivity contribution in [3.05, 3.63) is 0 Å². The van der Waals surface area contributed by atoms with E-state index in [-0.39, 0.29) is 129 Å². The van der Waals surface area contributed by atoms with Crippen LogP contribution < -0.4 is 0 Å². The van der Waals surface area contributed by atoms with Crippen molar-refractivity contribution in [1.29, 1.82) is 0 Å². The van der Waals surface area contributed by atoms with Crippen LogP contribution in [0.5, 0.6) is 0 Å². The Morgan fingerprint density at radius 3 is 0.250 bits per heavy atom. The summed E-state index contributed by atoms with van der Waals surface area (Å²) in [6.45, 7) is 0. The second-order valence-corrected chi connectivity index (χ2v) is 0. The third kappa shape index (κ3) is 1760. The molecule has 112 valence electrons. The summed E-state index contributed by atoms with van der Waals surface area (Å²) in [5.41, 5.74) is 0. The van der Waals surface area contributed by atoms with Crippen LogP contribution in [-0.2, 0) is 58.3 Å². The molecule has 0 aromatic carbocycles. The molecule has 16 heavy (non-hydrogen) atoms. The molecule has 0 atom stereocenters. The van der Waals surface area contributed by atoms with Crippen LogP contribution in [0.25, 0.3) is 0 Å². The normalized spacial score (nSPS) is 0. The van der Waals surface area contributed by atoms with E-state index in [0.29, 0.717) is 0 Å². The van der Waals surface area contributed by atoms with E-state index in [1.165, 1.54) is 0 Å². The van der Waals surface area contributed by atoms with Crippen molar-refractivity contribution in [1.82, 2.24) is 0 Å². The fourth-order valence-corrected chi connectivity index (χ4v) is 0. The van der Waals surface area contributed by atoms with Crippen LogP contribution in [0.4, 0.5) is 0 Å². The van der Waals surface area contributed by atoms with Crippen LogP contribution in [0.3, 0.4) is 0 Å². The molecule has 0 aliphatic rings. The Morgan fingerprint density at radius 2 is 0.250 bits per heavy atom. The Bertz CT molecular complexity index is 15.9. The minimum Gasteiger partial charge on any atom is -0.870 e. The second-order valence-electron chi connectivity index (χ2n) is 0. The molecule has 0 aromatic rings. The predicted octanol–water partition coefficient (Wildman–Crippen LogP) is -2.31. The van der Waals surface area contributed by atoms with Gasteiger partial charge >= 0.3 is 39.7 Å². The van der Waals surface area contributed by atoms with Gasteiger partial charge in [0.05, 0.1) is 0 Å². The molecule has 0 unspecified atom stereocenters. The van der Waals surface area contributed by atoms with Gasteiger partial charge in [-0.15, -0.1) is 0 Å². The SMILES string of the molecule is [Cr+3].[Nb+5].[OH-].[OH-].[OH-].[OH-].[OH-].[OH-].[OH-].[OH-].[OH-].[OH-].[OH-].[OH-].[OH-].[V]. The first-order valence-corrected chi connectivity index (χ1v) is 0. The second kappa shape index (κ2) is 2150. The van der Waals surface area contributed by atoms with E-state index in [0.717, 1.165) is 0 Å². The molecule has 0 fully saturated rings. The molecule has 0 heterocycles. The van der Waals surface area contributed by atoms with E-state index < -0.39 is 0 Å². The molecule has 16 heteroatoms. The number of hydrogen-bond acceptors (Lipinski definition) is 13. The topological polar surface area (TPSA) is 390 Å². The molecule has 0 spiro atoms. The van der Waals surface area contributed by atoms with Crippen LogP contribution >= 0.6 is 0 Å². The van der Waals surface area contributed by atoms with Crippen molar-refractivity contribution >= 4 is 0 Å². The predicted molar refractivity (Wildman–Crippen MR) is 25.2 cm³/mol. The molecule has 0 saturated carbocycles. The van der Waals surface area contributed by atoms with Gasteiger partial charge in [0, 0.05) is 18.6 Å². The van der Waals surface area contributed by atoms with Gasteiger partial charge in [-0.1, -0.05) is 0 Å². The van der Waals surface area contributed by atoms with Gasteiger partial charge in [0.15, 0.2) is 0 Å². The monoisotopic (exact) mass is 417 g/mol. The Hall–Kier alpha value is 1.34. The molecular formula is H13CrNbO13V-5. The minimum absolute atomic E-state index is 0. The summed E-state index contributed by atoms with van der Waals surface area (Å²) in [6.07, 6.45) is 0. The van der Waals surface area contributed by atoms with Crippen molar-refractivity contribution in [2.24, 2.45) is 0 Å². The van der Waals surface area contributed by atoms with Crippen LogP contribution in [0.2, 0.25) is 0 Å². The molecule has 0 amide bonds. The van der Waals surface area contributed by atoms with Crippen molar-refractivity contribution in [2.75, 3.05) is 0 Å². The van der Waals surface area contributed by atoms with Gasteiger partial charge < -0.3 is 71.2 Å². The van der Waals surface area contributed by atoms with Gasteiger partial charge in [-0.3, -0.25) is 0 Å². The van der Waals surface area contributed by atoms with E-state index in [1.54, 1.807) is 0 Å². The molecule has 0 aliphatic heterocycles. The summed E-state index contributed by atoms with van der Waals surface area (Å²) in [5.74, 6) is 0. The summed E-state index contributed by atoms with van der Waals surface area (Å²) in [4.78, 5) is 0. The fourth-order valence-electron chi connectivity index (χ4n) is 0. The van der Waals surface area contributed by atoms with Gasteiger partial charge in [-0.25, -0.2) is 0 Å². The van der Waals surface area contributed by atoms with Crippen molar-refractivity contribution in [3.63, 3.8) is 0 Å². The van der Waals surface area contributed by atoms with Crippen LogP contribution in [0, 0.1) is 0 Å². The minimum atomic E-state index is 0. The third-order valence-corrected chi connectivity index (χ3v) is 0. The van der Waals surface area contributed by atoms with Crippen molar-refractivity contribution < 1.29 is 129 Å². The molecule has 0 aliphatic carbocycles. The molecular weight excluding hydrogens is 404 g/mol. The summed E-state index contributed by atoms with van der Waals surface area (Å²) >= 11 is 0. The summed E-state index contributed by atoms with van der Waals surface area (Å²) in [7, 11) is 0. The van der Waals surface area contributed by atoms with Gasteiger partial charge in [0.1, 0.15) is 0 Å². The van der Waals surface area contributed by atoms with Crippen LogP contribution in [0.1, 0.15) is 0 Å². The molecule has 2 radical (unpaired) electrons. The molecule has 0 bridgehead atoms. The van der Waals surface area contributed by atoms with Crippen LogP contribution in [-0.4, -0.2) is 71.2 Å². The first-order valence-electron chi connectivity index (χ1n) is 0. The quantitative estimate of drug-likeness (QED) is 0.374. The number of rotatable bonds is 0. The smallest absolute Gasteiger partial charge is 0.870 e. The maximum Gasteiger partial charge on any atom is 5.00 e. The van der Waals surface area contributed by atoms with Gasteiger partial charge in [-0.05, 0) is 0 Å². The Morgan fingerprint density at radius 1 is 0.250 bits per heavy atom. The summed E-state index contributed by atoms with van der Waals surface area (Å²) in [6, 6.07) is 0. The van der Waals surface area contributed by atoms with Gasteiger partial charge in [-0.2, -0.15) is 0 Å². The Kier molecular flexibility index (Phi) is 348000. The molecule has 0 saturated heterocycles. The van der Waals surface area contributed by atoms with E-state index in [1.807, 2.05) is 0 Å². The van der Waals surface area contributed by atoms with E-state index >= 15 is 0 Å². The third-order valence-electron chi connectivity index (χ3n) is 0. The molecule has 0 aromatic heterocycles. The van der Waals surface area contributed by atoms with E-state index in [9.17, 15) is 0 Å². The first-order chi connectivity index (χ1) is 0. The largest absolute Gasteiger partial charge is 5.00 e. The average molecular weight is 417 g/mol. The van der Waals surface area contributed by atoms with Crippen molar-refractivity contribution in [2.45, 2.75) is 0 Å². The zero-order valence-electron chi connectivity index (χ0n) is 7.12. The Labute approximate surface area is 129 Å².